The molecule has 1 heterocycles. The molecule has 13 heavy (non-hydrogen) atoms. The van der Waals surface area contributed by atoms with Crippen LogP contribution in [0.25, 0.3) is 0 Å². The Balaban J connectivity index is 1.90. The van der Waals surface area contributed by atoms with Crippen molar-refractivity contribution in [1.82, 2.24) is 9.55 Å². The van der Waals surface area contributed by atoms with E-state index in [4.69, 9.17) is 11.6 Å². The zero-order valence-electron chi connectivity index (χ0n) is 7.96. The summed E-state index contributed by atoms with van der Waals surface area (Å²) in [5.74, 6) is 1.99. The zero-order chi connectivity index (χ0) is 9.31. The zero-order valence-corrected chi connectivity index (χ0v) is 8.72. The highest BCUT2D eigenvalue weighted by atomic mass is 35.5. The molecule has 0 unspecified atom stereocenters. The largest absolute Gasteiger partial charge is 0.338 e. The molecule has 2 rings (SSSR count). The Labute approximate surface area is 83.9 Å². The van der Waals surface area contributed by atoms with Crippen LogP contribution in [0.2, 0.25) is 0 Å². The average molecular weight is 199 g/mol. The fourth-order valence-electron chi connectivity index (χ4n) is 1.64. The second-order valence-electron chi connectivity index (χ2n) is 4.09. The Bertz CT molecular complexity index is 289. The molecule has 1 aliphatic carbocycles. The van der Waals surface area contributed by atoms with Gasteiger partial charge in [0.15, 0.2) is 0 Å². The van der Waals surface area contributed by atoms with E-state index in [0.29, 0.717) is 5.41 Å². The maximum atomic E-state index is 5.91. The Kier molecular flexibility index (Phi) is 2.33. The molecule has 0 aromatic carbocycles. The van der Waals surface area contributed by atoms with Crippen molar-refractivity contribution in [1.29, 1.82) is 0 Å². The number of rotatable bonds is 4. The molecule has 2 nitrogen and oxygen atoms in total. The van der Waals surface area contributed by atoms with Crippen LogP contribution in [0.15, 0.2) is 12.4 Å². The van der Waals surface area contributed by atoms with Crippen LogP contribution in [-0.2, 0) is 13.5 Å². The second-order valence-corrected chi connectivity index (χ2v) is 4.36. The Hall–Kier alpha value is -0.500. The van der Waals surface area contributed by atoms with E-state index in [1.54, 1.807) is 0 Å². The van der Waals surface area contributed by atoms with Gasteiger partial charge in [0.05, 0.1) is 0 Å². The first-order valence-corrected chi connectivity index (χ1v) is 5.31. The molecule has 1 fully saturated rings. The van der Waals surface area contributed by atoms with Crippen LogP contribution < -0.4 is 0 Å². The maximum Gasteiger partial charge on any atom is 0.108 e. The molecular weight excluding hydrogens is 184 g/mol. The molecule has 0 aliphatic heterocycles. The van der Waals surface area contributed by atoms with E-state index in [2.05, 4.69) is 9.55 Å². The summed E-state index contributed by atoms with van der Waals surface area (Å²) in [5.41, 5.74) is 0.466. The van der Waals surface area contributed by atoms with Crippen molar-refractivity contribution in [3.63, 3.8) is 0 Å². The lowest BCUT2D eigenvalue weighted by atomic mass is 10.0. The molecule has 1 aliphatic rings. The molecule has 1 aromatic heterocycles. The fourth-order valence-corrected chi connectivity index (χ4v) is 2.04. The van der Waals surface area contributed by atoms with Crippen molar-refractivity contribution in [2.75, 3.05) is 5.88 Å². The summed E-state index contributed by atoms with van der Waals surface area (Å²) in [6, 6.07) is 0. The normalized spacial score (nSPS) is 18.9. The Morgan fingerprint density at radius 2 is 2.38 bits per heavy atom. The summed E-state index contributed by atoms with van der Waals surface area (Å²) in [6.45, 7) is 0. The predicted octanol–water partition coefficient (Wildman–Crippen LogP) is 2.37. The van der Waals surface area contributed by atoms with Crippen molar-refractivity contribution in [2.24, 2.45) is 12.5 Å². The molecule has 0 atom stereocenters. The van der Waals surface area contributed by atoms with Crippen molar-refractivity contribution < 1.29 is 0 Å². The van der Waals surface area contributed by atoms with Crippen LogP contribution in [0.4, 0.5) is 0 Å². The van der Waals surface area contributed by atoms with Crippen LogP contribution in [0.1, 0.15) is 25.1 Å². The fraction of sp³-hybridized carbons (Fsp3) is 0.700. The summed E-state index contributed by atoms with van der Waals surface area (Å²) in [6.07, 6.45) is 8.73. The minimum atomic E-state index is 0.466. The number of hydrogen-bond donors (Lipinski definition) is 0. The third-order valence-electron chi connectivity index (χ3n) is 3.04. The average Bonchev–Trinajstić information content (AvgIpc) is 2.82. The first-order valence-electron chi connectivity index (χ1n) is 4.78. The lowest BCUT2D eigenvalue weighted by molar-refractivity contribution is 0.511. The van der Waals surface area contributed by atoms with E-state index in [9.17, 15) is 0 Å². The lowest BCUT2D eigenvalue weighted by Crippen LogP contribution is -2.06. The van der Waals surface area contributed by atoms with E-state index in [1.165, 1.54) is 25.1 Å². The van der Waals surface area contributed by atoms with Gasteiger partial charge in [-0.1, -0.05) is 0 Å². The van der Waals surface area contributed by atoms with Gasteiger partial charge < -0.3 is 4.57 Å². The molecule has 1 saturated carbocycles. The third kappa shape index (κ3) is 1.88. The van der Waals surface area contributed by atoms with E-state index >= 15 is 0 Å². The van der Waals surface area contributed by atoms with Gasteiger partial charge in [-0.15, -0.1) is 11.6 Å². The molecule has 0 saturated heterocycles. The number of hydrogen-bond acceptors (Lipinski definition) is 1. The lowest BCUT2D eigenvalue weighted by Gasteiger charge is -2.09. The van der Waals surface area contributed by atoms with Crippen LogP contribution in [0.5, 0.6) is 0 Å². The number of halogens is 1. The summed E-state index contributed by atoms with van der Waals surface area (Å²) in [7, 11) is 2.04. The summed E-state index contributed by atoms with van der Waals surface area (Å²) in [4.78, 5) is 4.30. The molecular formula is C10H15ClN2. The SMILES string of the molecule is Cn1ccnc1CCC1(CCl)CC1. The quantitative estimate of drug-likeness (QED) is 0.680. The van der Waals surface area contributed by atoms with Crippen LogP contribution in [-0.4, -0.2) is 15.4 Å². The van der Waals surface area contributed by atoms with Gasteiger partial charge in [0, 0.05) is 31.7 Å². The standard InChI is InChI=1S/C10H15ClN2/c1-13-7-6-12-9(13)2-3-10(8-11)4-5-10/h6-7H,2-5,8H2,1H3. The van der Waals surface area contributed by atoms with Gasteiger partial charge >= 0.3 is 0 Å². The summed E-state index contributed by atoms with van der Waals surface area (Å²) < 4.78 is 2.09. The van der Waals surface area contributed by atoms with Crippen molar-refractivity contribution in [3.8, 4) is 0 Å². The number of nitrogens with zero attached hydrogens (tertiary/aromatic N) is 2. The molecule has 1 aromatic rings. The number of aromatic nitrogens is 2. The number of aryl methyl sites for hydroxylation is 2. The maximum absolute atomic E-state index is 5.91. The van der Waals surface area contributed by atoms with Gasteiger partial charge in [0.1, 0.15) is 5.82 Å². The number of alkyl halides is 1. The van der Waals surface area contributed by atoms with Crippen LogP contribution in [0.3, 0.4) is 0 Å². The Morgan fingerprint density at radius 3 is 2.85 bits per heavy atom. The highest BCUT2D eigenvalue weighted by Crippen LogP contribution is 2.50. The Morgan fingerprint density at radius 1 is 1.62 bits per heavy atom. The topological polar surface area (TPSA) is 17.8 Å². The van der Waals surface area contributed by atoms with Gasteiger partial charge in [0.25, 0.3) is 0 Å². The van der Waals surface area contributed by atoms with Crippen molar-refractivity contribution in [3.05, 3.63) is 18.2 Å². The van der Waals surface area contributed by atoms with Gasteiger partial charge in [-0.25, -0.2) is 4.98 Å². The second kappa shape index (κ2) is 3.33. The van der Waals surface area contributed by atoms with Crippen LogP contribution in [0, 0.1) is 5.41 Å². The monoisotopic (exact) mass is 198 g/mol. The molecule has 0 N–H and O–H groups in total. The highest BCUT2D eigenvalue weighted by molar-refractivity contribution is 6.18. The predicted molar refractivity (Wildman–Crippen MR) is 53.9 cm³/mol. The van der Waals surface area contributed by atoms with E-state index in [1.807, 2.05) is 19.4 Å². The first-order chi connectivity index (χ1) is 6.26. The smallest absolute Gasteiger partial charge is 0.108 e. The van der Waals surface area contributed by atoms with Crippen molar-refractivity contribution >= 4 is 11.6 Å². The van der Waals surface area contributed by atoms with Gasteiger partial charge in [-0.05, 0) is 24.7 Å². The third-order valence-corrected chi connectivity index (χ3v) is 3.61. The van der Waals surface area contributed by atoms with E-state index < -0.39 is 0 Å². The molecule has 72 valence electrons. The minimum Gasteiger partial charge on any atom is -0.338 e. The van der Waals surface area contributed by atoms with Gasteiger partial charge in [-0.2, -0.15) is 0 Å². The van der Waals surface area contributed by atoms with Crippen LogP contribution >= 0.6 is 11.6 Å². The number of imidazole rings is 1. The van der Waals surface area contributed by atoms with E-state index in [-0.39, 0.29) is 0 Å². The first kappa shape index (κ1) is 9.07. The van der Waals surface area contributed by atoms with E-state index in [0.717, 1.165) is 12.3 Å². The molecule has 3 heteroatoms. The minimum absolute atomic E-state index is 0.466. The van der Waals surface area contributed by atoms with Gasteiger partial charge in [-0.3, -0.25) is 0 Å². The van der Waals surface area contributed by atoms with Crippen molar-refractivity contribution in [2.45, 2.75) is 25.7 Å². The summed E-state index contributed by atoms with van der Waals surface area (Å²) >= 11 is 5.91. The molecule has 0 radical (unpaired) electrons. The molecule has 0 bridgehead atoms. The molecule has 0 spiro atoms. The highest BCUT2D eigenvalue weighted by Gasteiger charge is 2.41. The molecule has 0 amide bonds. The summed E-state index contributed by atoms with van der Waals surface area (Å²) in [5, 5.41) is 0. The van der Waals surface area contributed by atoms with Gasteiger partial charge in [0.2, 0.25) is 0 Å².